The predicted molar refractivity (Wildman–Crippen MR) is 85.9 cm³/mol. The molecule has 2 amide bonds. The van der Waals surface area contributed by atoms with Gasteiger partial charge in [-0.1, -0.05) is 19.9 Å². The third kappa shape index (κ3) is 4.11. The molecule has 0 saturated heterocycles. The first-order chi connectivity index (χ1) is 9.99. The van der Waals surface area contributed by atoms with Crippen LogP contribution in [0.5, 0.6) is 0 Å². The SMILES string of the molecule is CC(C)CC(CO)NC(=O)Nc1ccc2c(c1)N(C)CC2. The van der Waals surface area contributed by atoms with Crippen molar-refractivity contribution in [2.45, 2.75) is 32.7 Å². The molecule has 5 nitrogen and oxygen atoms in total. The van der Waals surface area contributed by atoms with Gasteiger partial charge in [0.25, 0.3) is 0 Å². The molecule has 1 heterocycles. The van der Waals surface area contributed by atoms with Gasteiger partial charge in [-0.2, -0.15) is 0 Å². The van der Waals surface area contributed by atoms with Crippen molar-refractivity contribution in [2.24, 2.45) is 5.92 Å². The van der Waals surface area contributed by atoms with Gasteiger partial charge in [0.15, 0.2) is 0 Å². The second-order valence-electron chi connectivity index (χ2n) is 6.12. The number of likely N-dealkylation sites (N-methyl/N-ethyl adjacent to an activating group) is 1. The zero-order valence-electron chi connectivity index (χ0n) is 13.0. The molecule has 1 aliphatic rings. The summed E-state index contributed by atoms with van der Waals surface area (Å²) in [7, 11) is 2.06. The number of hydrogen-bond donors (Lipinski definition) is 3. The maximum Gasteiger partial charge on any atom is 0.319 e. The molecule has 1 aromatic carbocycles. The van der Waals surface area contributed by atoms with Gasteiger partial charge in [-0.05, 0) is 36.5 Å². The molecule has 0 saturated carbocycles. The summed E-state index contributed by atoms with van der Waals surface area (Å²) < 4.78 is 0. The fourth-order valence-corrected chi connectivity index (χ4v) is 2.72. The first kappa shape index (κ1) is 15.6. The summed E-state index contributed by atoms with van der Waals surface area (Å²) in [5.74, 6) is 0.427. The Hall–Kier alpha value is -1.75. The number of benzene rings is 1. The van der Waals surface area contributed by atoms with Crippen molar-refractivity contribution in [3.05, 3.63) is 23.8 Å². The van der Waals surface area contributed by atoms with E-state index in [4.69, 9.17) is 0 Å². The van der Waals surface area contributed by atoms with E-state index in [-0.39, 0.29) is 18.7 Å². The second-order valence-corrected chi connectivity index (χ2v) is 6.12. The number of aliphatic hydroxyl groups excluding tert-OH is 1. The Morgan fingerprint density at radius 2 is 2.19 bits per heavy atom. The molecule has 1 aromatic rings. The van der Waals surface area contributed by atoms with E-state index in [2.05, 4.69) is 42.5 Å². The first-order valence-electron chi connectivity index (χ1n) is 7.52. The third-order valence-corrected chi connectivity index (χ3v) is 3.78. The van der Waals surface area contributed by atoms with Crippen LogP contribution in [0.15, 0.2) is 18.2 Å². The van der Waals surface area contributed by atoms with Gasteiger partial charge in [0.1, 0.15) is 0 Å². The highest BCUT2D eigenvalue weighted by atomic mass is 16.3. The fourth-order valence-electron chi connectivity index (χ4n) is 2.72. The third-order valence-electron chi connectivity index (χ3n) is 3.78. The first-order valence-corrected chi connectivity index (χ1v) is 7.52. The number of urea groups is 1. The Kier molecular flexibility index (Phi) is 5.07. The molecule has 116 valence electrons. The lowest BCUT2D eigenvalue weighted by Gasteiger charge is -2.19. The monoisotopic (exact) mass is 291 g/mol. The Morgan fingerprint density at radius 1 is 1.43 bits per heavy atom. The smallest absolute Gasteiger partial charge is 0.319 e. The molecule has 0 aliphatic carbocycles. The van der Waals surface area contributed by atoms with Gasteiger partial charge in [0, 0.05) is 25.0 Å². The Balaban J connectivity index is 1.95. The van der Waals surface area contributed by atoms with E-state index < -0.39 is 0 Å². The molecule has 0 bridgehead atoms. The van der Waals surface area contributed by atoms with E-state index in [1.807, 2.05) is 12.1 Å². The molecule has 2 rings (SSSR count). The molecule has 1 aliphatic heterocycles. The molecular formula is C16H25N3O2. The van der Waals surface area contributed by atoms with E-state index in [9.17, 15) is 9.90 Å². The lowest BCUT2D eigenvalue weighted by atomic mass is 10.0. The Labute approximate surface area is 126 Å². The summed E-state index contributed by atoms with van der Waals surface area (Å²) >= 11 is 0. The second kappa shape index (κ2) is 6.80. The molecule has 21 heavy (non-hydrogen) atoms. The zero-order chi connectivity index (χ0) is 15.4. The van der Waals surface area contributed by atoms with Crippen molar-refractivity contribution in [2.75, 3.05) is 30.4 Å². The van der Waals surface area contributed by atoms with Crippen LogP contribution in [0.2, 0.25) is 0 Å². The van der Waals surface area contributed by atoms with Crippen molar-refractivity contribution in [1.82, 2.24) is 5.32 Å². The maximum atomic E-state index is 12.0. The van der Waals surface area contributed by atoms with Crippen LogP contribution in [0, 0.1) is 5.92 Å². The summed E-state index contributed by atoms with van der Waals surface area (Å²) in [6, 6.07) is 5.51. The van der Waals surface area contributed by atoms with Crippen molar-refractivity contribution in [3.8, 4) is 0 Å². The number of anilines is 2. The standard InChI is InChI=1S/C16H25N3O2/c1-11(2)8-14(10-20)18-16(21)17-13-5-4-12-6-7-19(3)15(12)9-13/h4-5,9,11,14,20H,6-8,10H2,1-3H3,(H2,17,18,21). The number of rotatable bonds is 5. The van der Waals surface area contributed by atoms with Crippen LogP contribution in [0.4, 0.5) is 16.2 Å². The maximum absolute atomic E-state index is 12.0. The minimum atomic E-state index is -0.268. The average Bonchev–Trinajstić information content (AvgIpc) is 2.79. The largest absolute Gasteiger partial charge is 0.394 e. The van der Waals surface area contributed by atoms with Crippen LogP contribution in [0.25, 0.3) is 0 Å². The van der Waals surface area contributed by atoms with Crippen LogP contribution in [-0.2, 0) is 6.42 Å². The van der Waals surface area contributed by atoms with Gasteiger partial charge < -0.3 is 20.6 Å². The molecule has 0 radical (unpaired) electrons. The number of hydrogen-bond acceptors (Lipinski definition) is 3. The Bertz CT molecular complexity index is 502. The van der Waals surface area contributed by atoms with Crippen LogP contribution >= 0.6 is 0 Å². The number of nitrogens with one attached hydrogen (secondary N) is 2. The molecule has 0 spiro atoms. The fraction of sp³-hybridized carbons (Fsp3) is 0.562. The number of amides is 2. The molecule has 5 heteroatoms. The molecule has 1 atom stereocenters. The van der Waals surface area contributed by atoms with Gasteiger partial charge in [-0.15, -0.1) is 0 Å². The van der Waals surface area contributed by atoms with E-state index in [0.717, 1.165) is 25.1 Å². The van der Waals surface area contributed by atoms with Gasteiger partial charge >= 0.3 is 6.03 Å². The quantitative estimate of drug-likeness (QED) is 0.779. The highest BCUT2D eigenvalue weighted by molar-refractivity contribution is 5.90. The van der Waals surface area contributed by atoms with E-state index in [0.29, 0.717) is 5.92 Å². The van der Waals surface area contributed by atoms with Crippen molar-refractivity contribution in [1.29, 1.82) is 0 Å². The van der Waals surface area contributed by atoms with Gasteiger partial charge in [-0.3, -0.25) is 0 Å². The van der Waals surface area contributed by atoms with Crippen LogP contribution < -0.4 is 15.5 Å². The van der Waals surface area contributed by atoms with Crippen molar-refractivity contribution >= 4 is 17.4 Å². The number of fused-ring (bicyclic) bond motifs is 1. The van der Waals surface area contributed by atoms with E-state index in [1.165, 1.54) is 11.3 Å². The number of nitrogens with zero attached hydrogens (tertiary/aromatic N) is 1. The molecule has 1 unspecified atom stereocenters. The van der Waals surface area contributed by atoms with Gasteiger partial charge in [-0.25, -0.2) is 4.79 Å². The summed E-state index contributed by atoms with van der Waals surface area (Å²) in [5, 5.41) is 15.0. The zero-order valence-corrected chi connectivity index (χ0v) is 13.0. The summed E-state index contributed by atoms with van der Waals surface area (Å²) in [6.45, 7) is 5.11. The predicted octanol–water partition coefficient (Wildman–Crippen LogP) is 2.21. The van der Waals surface area contributed by atoms with Gasteiger partial charge in [0.05, 0.1) is 12.6 Å². The molecule has 0 aromatic heterocycles. The topological polar surface area (TPSA) is 64.6 Å². The van der Waals surface area contributed by atoms with Crippen molar-refractivity contribution < 1.29 is 9.90 Å². The van der Waals surface area contributed by atoms with Crippen LogP contribution in [0.3, 0.4) is 0 Å². The molecule has 0 fully saturated rings. The molecule has 3 N–H and O–H groups in total. The van der Waals surface area contributed by atoms with Crippen LogP contribution in [0.1, 0.15) is 25.8 Å². The summed E-state index contributed by atoms with van der Waals surface area (Å²) in [5.41, 5.74) is 3.27. The highest BCUT2D eigenvalue weighted by Gasteiger charge is 2.17. The van der Waals surface area contributed by atoms with Crippen LogP contribution in [-0.4, -0.2) is 37.4 Å². The van der Waals surface area contributed by atoms with E-state index >= 15 is 0 Å². The highest BCUT2D eigenvalue weighted by Crippen LogP contribution is 2.29. The molecular weight excluding hydrogens is 266 g/mol. The normalized spacial score (nSPS) is 15.0. The minimum Gasteiger partial charge on any atom is -0.394 e. The minimum absolute atomic E-state index is 0.0431. The summed E-state index contributed by atoms with van der Waals surface area (Å²) in [6.07, 6.45) is 1.82. The number of aliphatic hydroxyl groups is 1. The van der Waals surface area contributed by atoms with E-state index in [1.54, 1.807) is 0 Å². The summed E-state index contributed by atoms with van der Waals surface area (Å²) in [4.78, 5) is 14.2. The van der Waals surface area contributed by atoms with Gasteiger partial charge in [0.2, 0.25) is 0 Å². The average molecular weight is 291 g/mol. The lowest BCUT2D eigenvalue weighted by Crippen LogP contribution is -2.40. The Morgan fingerprint density at radius 3 is 2.86 bits per heavy atom. The number of carbonyl (C=O) groups is 1. The number of carbonyl (C=O) groups excluding carboxylic acids is 1. The van der Waals surface area contributed by atoms with Crippen molar-refractivity contribution in [3.63, 3.8) is 0 Å². The lowest BCUT2D eigenvalue weighted by molar-refractivity contribution is 0.214.